The normalized spacial score (nSPS) is 27.7. The summed E-state index contributed by atoms with van der Waals surface area (Å²) in [6.07, 6.45) is 1.73. The van der Waals surface area contributed by atoms with Crippen molar-refractivity contribution in [2.45, 2.75) is 24.3 Å². The lowest BCUT2D eigenvalue weighted by molar-refractivity contribution is 0.752. The summed E-state index contributed by atoms with van der Waals surface area (Å²) in [5, 5.41) is 1.38. The van der Waals surface area contributed by atoms with E-state index < -0.39 is 0 Å². The first kappa shape index (κ1) is 14.3. The number of hydrogen-bond donors (Lipinski definition) is 0. The Morgan fingerprint density at radius 1 is 0.950 bits per heavy atom. The first-order valence-electron chi connectivity index (χ1n) is 7.27. The van der Waals surface area contributed by atoms with Crippen molar-refractivity contribution in [3.05, 3.63) is 12.4 Å². The van der Waals surface area contributed by atoms with Crippen molar-refractivity contribution in [2.24, 2.45) is 0 Å². The third-order valence-electron chi connectivity index (χ3n) is 3.77. The fourth-order valence-corrected chi connectivity index (χ4v) is 4.76. The minimum absolute atomic E-state index is 0.688. The number of anilines is 2. The van der Waals surface area contributed by atoms with Crippen LogP contribution >= 0.6 is 23.5 Å². The van der Waals surface area contributed by atoms with Crippen LogP contribution in [0.5, 0.6) is 0 Å². The molecule has 0 N–H and O–H groups in total. The molecule has 4 nitrogen and oxygen atoms in total. The predicted octanol–water partition coefficient (Wildman–Crippen LogP) is 2.36. The average molecular weight is 310 g/mol. The Labute approximate surface area is 129 Å². The highest BCUT2D eigenvalue weighted by molar-refractivity contribution is 8.00. The van der Waals surface area contributed by atoms with Crippen molar-refractivity contribution in [1.29, 1.82) is 0 Å². The monoisotopic (exact) mass is 310 g/mol. The van der Waals surface area contributed by atoms with Gasteiger partial charge < -0.3 is 9.80 Å². The summed E-state index contributed by atoms with van der Waals surface area (Å²) < 4.78 is 0. The second-order valence-electron chi connectivity index (χ2n) is 5.49. The molecule has 2 aliphatic rings. The first-order chi connectivity index (χ1) is 9.72. The molecule has 0 saturated carbocycles. The Bertz CT molecular complexity index is 419. The number of nitrogens with zero attached hydrogens (tertiary/aromatic N) is 4. The molecule has 0 aliphatic carbocycles. The Balaban J connectivity index is 1.75. The number of thioether (sulfide) groups is 2. The quantitative estimate of drug-likeness (QED) is 0.834. The summed E-state index contributed by atoms with van der Waals surface area (Å²) in [6, 6.07) is 2.17. The lowest BCUT2D eigenvalue weighted by Gasteiger charge is -2.34. The standard InChI is InChI=1S/C14H22N4S2/c1-11-8-17(3-5-19-11)13-7-14(16-10-15-13)18-4-6-20-12(2)9-18/h7,10-12H,3-6,8-9H2,1-2H3. The van der Waals surface area contributed by atoms with Gasteiger partial charge in [0.05, 0.1) is 0 Å². The van der Waals surface area contributed by atoms with Crippen LogP contribution in [0.4, 0.5) is 11.6 Å². The van der Waals surface area contributed by atoms with Gasteiger partial charge in [0.15, 0.2) is 0 Å². The van der Waals surface area contributed by atoms with Crippen molar-refractivity contribution in [2.75, 3.05) is 47.5 Å². The van der Waals surface area contributed by atoms with Gasteiger partial charge in [0.2, 0.25) is 0 Å². The molecule has 20 heavy (non-hydrogen) atoms. The molecule has 3 heterocycles. The maximum Gasteiger partial charge on any atom is 0.134 e. The Morgan fingerprint density at radius 3 is 1.90 bits per heavy atom. The largest absolute Gasteiger partial charge is 0.355 e. The van der Waals surface area contributed by atoms with Gasteiger partial charge in [-0.3, -0.25) is 0 Å². The van der Waals surface area contributed by atoms with Gasteiger partial charge in [-0.05, 0) is 0 Å². The molecule has 2 fully saturated rings. The van der Waals surface area contributed by atoms with Gasteiger partial charge in [0, 0.05) is 54.3 Å². The Kier molecular flexibility index (Phi) is 4.61. The molecular weight excluding hydrogens is 288 g/mol. The topological polar surface area (TPSA) is 32.3 Å². The Hall–Kier alpha value is -0.620. The van der Waals surface area contributed by atoms with Crippen LogP contribution in [0.3, 0.4) is 0 Å². The number of aromatic nitrogens is 2. The summed E-state index contributed by atoms with van der Waals surface area (Å²) in [4.78, 5) is 13.8. The molecule has 0 radical (unpaired) electrons. The number of hydrogen-bond acceptors (Lipinski definition) is 6. The van der Waals surface area contributed by atoms with E-state index in [1.807, 2.05) is 0 Å². The van der Waals surface area contributed by atoms with Crippen LogP contribution in [0.25, 0.3) is 0 Å². The SMILES string of the molecule is CC1CN(c2cc(N3CCSC(C)C3)ncn2)CCS1. The van der Waals surface area contributed by atoms with Crippen LogP contribution in [0, 0.1) is 0 Å². The first-order valence-corrected chi connectivity index (χ1v) is 9.37. The molecule has 1 aromatic heterocycles. The molecular formula is C14H22N4S2. The fraction of sp³-hybridized carbons (Fsp3) is 0.714. The van der Waals surface area contributed by atoms with E-state index >= 15 is 0 Å². The highest BCUT2D eigenvalue weighted by Crippen LogP contribution is 2.26. The predicted molar refractivity (Wildman–Crippen MR) is 90.3 cm³/mol. The van der Waals surface area contributed by atoms with Crippen LogP contribution in [0.15, 0.2) is 12.4 Å². The molecule has 2 saturated heterocycles. The molecule has 2 atom stereocenters. The molecule has 110 valence electrons. The highest BCUT2D eigenvalue weighted by atomic mass is 32.2. The average Bonchev–Trinajstić information content (AvgIpc) is 2.47. The van der Waals surface area contributed by atoms with Gasteiger partial charge in [-0.25, -0.2) is 9.97 Å². The summed E-state index contributed by atoms with van der Waals surface area (Å²) >= 11 is 4.10. The van der Waals surface area contributed by atoms with Gasteiger partial charge in [0.1, 0.15) is 18.0 Å². The van der Waals surface area contributed by atoms with Crippen LogP contribution in [-0.2, 0) is 0 Å². The van der Waals surface area contributed by atoms with Crippen molar-refractivity contribution >= 4 is 35.2 Å². The van der Waals surface area contributed by atoms with Crippen LogP contribution < -0.4 is 9.80 Å². The molecule has 0 bridgehead atoms. The van der Waals surface area contributed by atoms with Crippen LogP contribution in [0.1, 0.15) is 13.8 Å². The second-order valence-corrected chi connectivity index (χ2v) is 8.58. The molecule has 2 aliphatic heterocycles. The molecule has 2 unspecified atom stereocenters. The zero-order chi connectivity index (χ0) is 13.9. The summed E-state index contributed by atoms with van der Waals surface area (Å²) in [7, 11) is 0. The zero-order valence-corrected chi connectivity index (χ0v) is 13.8. The lowest BCUT2D eigenvalue weighted by atomic mass is 10.3. The molecule has 0 aromatic carbocycles. The van der Waals surface area contributed by atoms with Gasteiger partial charge in [-0.1, -0.05) is 13.8 Å². The van der Waals surface area contributed by atoms with E-state index in [1.54, 1.807) is 6.33 Å². The fourth-order valence-electron chi connectivity index (χ4n) is 2.74. The maximum atomic E-state index is 4.49. The molecule has 1 aromatic rings. The van der Waals surface area contributed by atoms with Crippen molar-refractivity contribution in [3.63, 3.8) is 0 Å². The molecule has 0 spiro atoms. The van der Waals surface area contributed by atoms with Crippen LogP contribution in [-0.4, -0.2) is 58.2 Å². The minimum atomic E-state index is 0.688. The highest BCUT2D eigenvalue weighted by Gasteiger charge is 2.21. The maximum absolute atomic E-state index is 4.49. The second kappa shape index (κ2) is 6.43. The van der Waals surface area contributed by atoms with Crippen molar-refractivity contribution in [3.8, 4) is 0 Å². The van der Waals surface area contributed by atoms with E-state index in [-0.39, 0.29) is 0 Å². The van der Waals surface area contributed by atoms with Crippen molar-refractivity contribution < 1.29 is 0 Å². The van der Waals surface area contributed by atoms with E-state index in [1.165, 1.54) is 11.5 Å². The van der Waals surface area contributed by atoms with Gasteiger partial charge in [-0.2, -0.15) is 23.5 Å². The lowest BCUT2D eigenvalue weighted by Crippen LogP contribution is -2.39. The molecule has 3 rings (SSSR count). The summed E-state index contributed by atoms with van der Waals surface area (Å²) in [5.74, 6) is 4.57. The number of rotatable bonds is 2. The van der Waals surface area contributed by atoms with Crippen LogP contribution in [0.2, 0.25) is 0 Å². The summed E-state index contributed by atoms with van der Waals surface area (Å²) in [6.45, 7) is 8.96. The zero-order valence-electron chi connectivity index (χ0n) is 12.2. The van der Waals surface area contributed by atoms with Gasteiger partial charge in [0.25, 0.3) is 0 Å². The van der Waals surface area contributed by atoms with E-state index in [2.05, 4.69) is 63.2 Å². The van der Waals surface area contributed by atoms with Crippen molar-refractivity contribution in [1.82, 2.24) is 9.97 Å². The van der Waals surface area contributed by atoms with Gasteiger partial charge >= 0.3 is 0 Å². The van der Waals surface area contributed by atoms with Gasteiger partial charge in [-0.15, -0.1) is 0 Å². The summed E-state index contributed by atoms with van der Waals surface area (Å²) in [5.41, 5.74) is 0. The molecule has 6 heteroatoms. The van der Waals surface area contributed by atoms with E-state index in [4.69, 9.17) is 0 Å². The molecule has 0 amide bonds. The smallest absolute Gasteiger partial charge is 0.134 e. The van der Waals surface area contributed by atoms with E-state index in [0.717, 1.165) is 37.8 Å². The van der Waals surface area contributed by atoms with E-state index in [0.29, 0.717) is 10.5 Å². The minimum Gasteiger partial charge on any atom is -0.355 e. The third-order valence-corrected chi connectivity index (χ3v) is 6.04. The van der Waals surface area contributed by atoms with E-state index in [9.17, 15) is 0 Å². The third kappa shape index (κ3) is 3.34. The Morgan fingerprint density at radius 2 is 1.45 bits per heavy atom.